The maximum atomic E-state index is 6.36. The summed E-state index contributed by atoms with van der Waals surface area (Å²) in [6.07, 6.45) is 0. The molecule has 3 heteroatoms. The fraction of sp³-hybridized carbons (Fsp3) is 0. The molecule has 0 N–H and O–H groups in total. The molecule has 2 aromatic heterocycles. The van der Waals surface area contributed by atoms with E-state index in [0.717, 1.165) is 44.7 Å². The Morgan fingerprint density at radius 3 is 1.92 bits per heavy atom. The van der Waals surface area contributed by atoms with Gasteiger partial charge in [-0.1, -0.05) is 115 Å². The number of para-hydroxylation sites is 5. The SMILES string of the molecule is c1ccc(N(c2ccc3c(ccc4ccc5cc6c(cc5c43)oc3ccccc36)c2)c2cccc3c4ccccc4n(-c4ccccc4)c23)cc1. The van der Waals surface area contributed by atoms with E-state index in [1.54, 1.807) is 0 Å². The number of furan rings is 1. The Kier molecular flexibility index (Phi) is 5.96. The first-order chi connectivity index (χ1) is 25.3. The molecule has 2 heterocycles. The second-order valence-electron chi connectivity index (χ2n) is 13.3. The van der Waals surface area contributed by atoms with Crippen molar-refractivity contribution in [3.63, 3.8) is 0 Å². The predicted octanol–water partition coefficient (Wildman–Crippen LogP) is 13.6. The van der Waals surface area contributed by atoms with Crippen LogP contribution in [0.1, 0.15) is 0 Å². The van der Waals surface area contributed by atoms with Gasteiger partial charge in [0.15, 0.2) is 0 Å². The van der Waals surface area contributed by atoms with Crippen LogP contribution in [0.15, 0.2) is 186 Å². The number of anilines is 3. The molecule has 0 spiro atoms. The quantitative estimate of drug-likeness (QED) is 0.177. The van der Waals surface area contributed by atoms with Crippen LogP contribution in [0.4, 0.5) is 17.1 Å². The number of rotatable bonds is 4. The molecule has 51 heavy (non-hydrogen) atoms. The maximum absolute atomic E-state index is 6.36. The Balaban J connectivity index is 1.18. The second kappa shape index (κ2) is 10.8. The molecule has 0 saturated heterocycles. The number of hydrogen-bond donors (Lipinski definition) is 0. The normalized spacial score (nSPS) is 11.9. The van der Waals surface area contributed by atoms with Gasteiger partial charge in [0, 0.05) is 38.6 Å². The second-order valence-corrected chi connectivity index (χ2v) is 13.3. The number of nitrogens with zero attached hydrogens (tertiary/aromatic N) is 2. The lowest BCUT2D eigenvalue weighted by Crippen LogP contribution is -2.11. The lowest BCUT2D eigenvalue weighted by Gasteiger charge is -2.27. The molecule has 3 nitrogen and oxygen atoms in total. The summed E-state index contributed by atoms with van der Waals surface area (Å²) < 4.78 is 8.77. The minimum Gasteiger partial charge on any atom is -0.456 e. The number of benzene rings is 9. The highest BCUT2D eigenvalue weighted by Crippen LogP contribution is 2.45. The monoisotopic (exact) mass is 650 g/mol. The largest absolute Gasteiger partial charge is 0.456 e. The molecule has 0 fully saturated rings. The van der Waals surface area contributed by atoms with E-state index < -0.39 is 0 Å². The van der Waals surface area contributed by atoms with E-state index in [4.69, 9.17) is 4.42 Å². The topological polar surface area (TPSA) is 21.3 Å². The van der Waals surface area contributed by atoms with Crippen LogP contribution in [0.3, 0.4) is 0 Å². The van der Waals surface area contributed by atoms with E-state index in [-0.39, 0.29) is 0 Å². The Morgan fingerprint density at radius 1 is 0.392 bits per heavy atom. The summed E-state index contributed by atoms with van der Waals surface area (Å²) in [5.74, 6) is 0. The predicted molar refractivity (Wildman–Crippen MR) is 215 cm³/mol. The zero-order valence-electron chi connectivity index (χ0n) is 27.6. The molecule has 0 bridgehead atoms. The van der Waals surface area contributed by atoms with Crippen LogP contribution in [-0.4, -0.2) is 4.57 Å². The summed E-state index contributed by atoms with van der Waals surface area (Å²) in [6.45, 7) is 0. The van der Waals surface area contributed by atoms with E-state index in [1.165, 1.54) is 54.1 Å². The van der Waals surface area contributed by atoms with Crippen molar-refractivity contribution in [3.8, 4) is 5.69 Å². The molecule has 11 rings (SSSR count). The molecule has 0 aliphatic heterocycles. The van der Waals surface area contributed by atoms with Crippen LogP contribution in [0.25, 0.3) is 81.7 Å². The van der Waals surface area contributed by atoms with Gasteiger partial charge >= 0.3 is 0 Å². The third-order valence-corrected chi connectivity index (χ3v) is 10.5. The maximum Gasteiger partial charge on any atom is 0.136 e. The van der Waals surface area contributed by atoms with E-state index in [0.29, 0.717) is 0 Å². The van der Waals surface area contributed by atoms with Gasteiger partial charge in [-0.05, 0) is 99.0 Å². The van der Waals surface area contributed by atoms with Crippen LogP contribution < -0.4 is 4.90 Å². The first-order valence-corrected chi connectivity index (χ1v) is 17.4. The lowest BCUT2D eigenvalue weighted by atomic mass is 9.95. The van der Waals surface area contributed by atoms with Gasteiger partial charge in [-0.3, -0.25) is 0 Å². The zero-order valence-corrected chi connectivity index (χ0v) is 27.6. The fourth-order valence-corrected chi connectivity index (χ4v) is 8.27. The average molecular weight is 651 g/mol. The molecule has 9 aromatic carbocycles. The van der Waals surface area contributed by atoms with Gasteiger partial charge < -0.3 is 13.9 Å². The van der Waals surface area contributed by atoms with Gasteiger partial charge in [0.05, 0.1) is 16.7 Å². The van der Waals surface area contributed by atoms with Gasteiger partial charge in [-0.15, -0.1) is 0 Å². The minimum atomic E-state index is 0.918. The summed E-state index contributed by atoms with van der Waals surface area (Å²) in [7, 11) is 0. The molecule has 0 aliphatic rings. The molecule has 0 amide bonds. The first kappa shape index (κ1) is 28.0. The van der Waals surface area contributed by atoms with Crippen LogP contribution in [-0.2, 0) is 0 Å². The van der Waals surface area contributed by atoms with Crippen molar-refractivity contribution in [1.29, 1.82) is 0 Å². The molecule has 0 unspecified atom stereocenters. The zero-order chi connectivity index (χ0) is 33.5. The van der Waals surface area contributed by atoms with Crippen molar-refractivity contribution in [2.75, 3.05) is 4.90 Å². The van der Waals surface area contributed by atoms with Crippen LogP contribution in [0, 0.1) is 0 Å². The van der Waals surface area contributed by atoms with Crippen molar-refractivity contribution in [1.82, 2.24) is 4.57 Å². The molecule has 0 radical (unpaired) electrons. The van der Waals surface area contributed by atoms with Crippen molar-refractivity contribution in [2.24, 2.45) is 0 Å². The molecular weight excluding hydrogens is 621 g/mol. The van der Waals surface area contributed by atoms with Gasteiger partial charge in [0.1, 0.15) is 11.2 Å². The van der Waals surface area contributed by atoms with Gasteiger partial charge in [0.25, 0.3) is 0 Å². The van der Waals surface area contributed by atoms with Gasteiger partial charge in [-0.25, -0.2) is 0 Å². The van der Waals surface area contributed by atoms with Gasteiger partial charge in [0.2, 0.25) is 0 Å². The van der Waals surface area contributed by atoms with Gasteiger partial charge in [-0.2, -0.15) is 0 Å². The minimum absolute atomic E-state index is 0.918. The highest BCUT2D eigenvalue weighted by Gasteiger charge is 2.22. The summed E-state index contributed by atoms with van der Waals surface area (Å²) in [4.78, 5) is 2.41. The Labute approximate surface area is 293 Å². The summed E-state index contributed by atoms with van der Waals surface area (Å²) >= 11 is 0. The van der Waals surface area contributed by atoms with Crippen molar-refractivity contribution < 1.29 is 4.42 Å². The van der Waals surface area contributed by atoms with Crippen LogP contribution in [0.2, 0.25) is 0 Å². The molecule has 0 aliphatic carbocycles. The standard InChI is InChI=1S/C48H30N2O/c1-3-12-34(13-4-1)49(44-20-11-18-40-38-16-7-9-19-43(38)50(48(40)44)35-14-5-2-6-15-35)36-26-27-37-32(28-36)24-22-31-23-25-33-29-42-39-17-8-10-21-45(39)51-46(42)30-41(33)47(31)37/h1-30H. The smallest absolute Gasteiger partial charge is 0.136 e. The summed E-state index contributed by atoms with van der Waals surface area (Å²) in [6, 6.07) is 65.6. The average Bonchev–Trinajstić information content (AvgIpc) is 3.73. The van der Waals surface area contributed by atoms with E-state index in [2.05, 4.69) is 179 Å². The molecule has 0 atom stereocenters. The summed E-state index contributed by atoms with van der Waals surface area (Å²) in [5, 5.41) is 12.1. The Bertz CT molecular complexity index is 3140. The fourth-order valence-electron chi connectivity index (χ4n) is 8.27. The van der Waals surface area contributed by atoms with E-state index in [9.17, 15) is 0 Å². The van der Waals surface area contributed by atoms with Crippen LogP contribution in [0.5, 0.6) is 0 Å². The first-order valence-electron chi connectivity index (χ1n) is 17.4. The third-order valence-electron chi connectivity index (χ3n) is 10.5. The van der Waals surface area contributed by atoms with E-state index >= 15 is 0 Å². The molecule has 0 saturated carbocycles. The summed E-state index contributed by atoms with van der Waals surface area (Å²) in [5.41, 5.74) is 8.67. The highest BCUT2D eigenvalue weighted by molar-refractivity contribution is 6.24. The molecule has 11 aromatic rings. The Morgan fingerprint density at radius 2 is 1.08 bits per heavy atom. The Hall–Kier alpha value is -6.84. The number of fused-ring (bicyclic) bond motifs is 11. The third kappa shape index (κ3) is 4.19. The molecular formula is C48H30N2O. The van der Waals surface area contributed by atoms with Crippen LogP contribution >= 0.6 is 0 Å². The van der Waals surface area contributed by atoms with Crippen molar-refractivity contribution in [3.05, 3.63) is 182 Å². The molecule has 238 valence electrons. The van der Waals surface area contributed by atoms with Crippen molar-refractivity contribution >= 4 is 93.1 Å². The lowest BCUT2D eigenvalue weighted by molar-refractivity contribution is 0.669. The van der Waals surface area contributed by atoms with Crippen molar-refractivity contribution in [2.45, 2.75) is 0 Å². The number of aromatic nitrogens is 1. The highest BCUT2D eigenvalue weighted by atomic mass is 16.3. The van der Waals surface area contributed by atoms with E-state index in [1.807, 2.05) is 12.1 Å². The number of hydrogen-bond acceptors (Lipinski definition) is 2.